The fourth-order valence-electron chi connectivity index (χ4n) is 2.75. The Bertz CT molecular complexity index is 414. The summed E-state index contributed by atoms with van der Waals surface area (Å²) >= 11 is 1.67. The summed E-state index contributed by atoms with van der Waals surface area (Å²) in [7, 11) is 0. The van der Waals surface area contributed by atoms with E-state index in [1.807, 2.05) is 6.92 Å². The summed E-state index contributed by atoms with van der Waals surface area (Å²) in [5, 5.41) is 4.33. The summed E-state index contributed by atoms with van der Waals surface area (Å²) in [5.74, 6) is 0.378. The molecule has 1 aliphatic heterocycles. The summed E-state index contributed by atoms with van der Waals surface area (Å²) in [5.41, 5.74) is 0.944. The first-order chi connectivity index (χ1) is 8.57. The van der Waals surface area contributed by atoms with Gasteiger partial charge in [-0.15, -0.1) is 11.3 Å². The van der Waals surface area contributed by atoms with Crippen LogP contribution >= 0.6 is 11.3 Å². The SMILES string of the molecule is CCCC1(C(=O)Cc2nc(C)c(C)s2)CCNC1. The number of nitrogens with zero attached hydrogens (tertiary/aromatic N) is 1. The van der Waals surface area contributed by atoms with Crippen LogP contribution in [0, 0.1) is 19.3 Å². The molecule has 4 heteroatoms. The lowest BCUT2D eigenvalue weighted by molar-refractivity contribution is -0.127. The van der Waals surface area contributed by atoms with Gasteiger partial charge in [-0.1, -0.05) is 13.3 Å². The van der Waals surface area contributed by atoms with Crippen LogP contribution in [-0.2, 0) is 11.2 Å². The molecule has 2 rings (SSSR count). The van der Waals surface area contributed by atoms with Gasteiger partial charge in [-0.25, -0.2) is 4.98 Å². The fraction of sp³-hybridized carbons (Fsp3) is 0.714. The standard InChI is InChI=1S/C14H22N2OS/c1-4-5-14(6-7-15-9-14)12(17)8-13-16-10(2)11(3)18-13/h15H,4-9H2,1-3H3. The van der Waals surface area contributed by atoms with E-state index < -0.39 is 0 Å². The van der Waals surface area contributed by atoms with Crippen molar-refractivity contribution in [1.82, 2.24) is 10.3 Å². The van der Waals surface area contributed by atoms with Crippen molar-refractivity contribution in [1.29, 1.82) is 0 Å². The highest BCUT2D eigenvalue weighted by Gasteiger charge is 2.39. The second kappa shape index (κ2) is 5.49. The van der Waals surface area contributed by atoms with Crippen LogP contribution in [0.25, 0.3) is 0 Å². The minimum Gasteiger partial charge on any atom is -0.316 e. The third-order valence-electron chi connectivity index (χ3n) is 3.95. The van der Waals surface area contributed by atoms with Crippen molar-refractivity contribution in [3.8, 4) is 0 Å². The number of aryl methyl sites for hydroxylation is 2. The zero-order valence-corrected chi connectivity index (χ0v) is 12.3. The average molecular weight is 266 g/mol. The molecule has 1 N–H and O–H groups in total. The molecule has 0 bridgehead atoms. The molecule has 1 fully saturated rings. The lowest BCUT2D eigenvalue weighted by atomic mass is 9.77. The second-order valence-corrected chi connectivity index (χ2v) is 6.59. The van der Waals surface area contributed by atoms with Gasteiger partial charge in [-0.2, -0.15) is 0 Å². The van der Waals surface area contributed by atoms with E-state index in [2.05, 4.69) is 24.1 Å². The molecule has 1 atom stereocenters. The van der Waals surface area contributed by atoms with Gasteiger partial charge in [0.25, 0.3) is 0 Å². The maximum absolute atomic E-state index is 12.6. The topological polar surface area (TPSA) is 42.0 Å². The minimum absolute atomic E-state index is 0.123. The minimum atomic E-state index is -0.123. The Morgan fingerprint density at radius 2 is 2.28 bits per heavy atom. The molecule has 0 aliphatic carbocycles. The third kappa shape index (κ3) is 2.64. The first-order valence-electron chi connectivity index (χ1n) is 6.74. The quantitative estimate of drug-likeness (QED) is 0.891. The molecule has 1 aliphatic rings. The molecule has 2 heterocycles. The van der Waals surface area contributed by atoms with Gasteiger partial charge in [-0.05, 0) is 33.2 Å². The second-order valence-electron chi connectivity index (χ2n) is 5.31. The largest absolute Gasteiger partial charge is 0.316 e. The van der Waals surface area contributed by atoms with Crippen molar-refractivity contribution >= 4 is 17.1 Å². The lowest BCUT2D eigenvalue weighted by Gasteiger charge is -2.25. The van der Waals surface area contributed by atoms with Gasteiger partial charge < -0.3 is 5.32 Å². The molecule has 1 aromatic heterocycles. The van der Waals surface area contributed by atoms with Gasteiger partial charge in [0, 0.05) is 16.8 Å². The van der Waals surface area contributed by atoms with Crippen LogP contribution in [0.1, 0.15) is 41.8 Å². The number of hydrogen-bond donors (Lipinski definition) is 1. The zero-order valence-electron chi connectivity index (χ0n) is 11.5. The van der Waals surface area contributed by atoms with Crippen LogP contribution < -0.4 is 5.32 Å². The highest BCUT2D eigenvalue weighted by Crippen LogP contribution is 2.34. The maximum atomic E-state index is 12.6. The zero-order chi connectivity index (χ0) is 13.2. The van der Waals surface area contributed by atoms with Crippen LogP contribution in [0.3, 0.4) is 0 Å². The van der Waals surface area contributed by atoms with Gasteiger partial charge in [0.1, 0.15) is 10.8 Å². The van der Waals surface area contributed by atoms with E-state index in [4.69, 9.17) is 0 Å². The van der Waals surface area contributed by atoms with Crippen LogP contribution in [0.5, 0.6) is 0 Å². The number of hydrogen-bond acceptors (Lipinski definition) is 4. The number of ketones is 1. The van der Waals surface area contributed by atoms with Crippen molar-refractivity contribution in [3.05, 3.63) is 15.6 Å². The highest BCUT2D eigenvalue weighted by atomic mass is 32.1. The van der Waals surface area contributed by atoms with E-state index in [-0.39, 0.29) is 5.41 Å². The van der Waals surface area contributed by atoms with E-state index in [9.17, 15) is 4.79 Å². The molecule has 1 unspecified atom stereocenters. The van der Waals surface area contributed by atoms with E-state index >= 15 is 0 Å². The van der Waals surface area contributed by atoms with Crippen molar-refractivity contribution < 1.29 is 4.79 Å². The number of nitrogens with one attached hydrogen (secondary N) is 1. The summed E-state index contributed by atoms with van der Waals surface area (Å²) in [4.78, 5) is 18.3. The Hall–Kier alpha value is -0.740. The molecule has 0 radical (unpaired) electrons. The Morgan fingerprint density at radius 3 is 2.78 bits per heavy atom. The molecular weight excluding hydrogens is 244 g/mol. The smallest absolute Gasteiger partial charge is 0.147 e. The van der Waals surface area contributed by atoms with Gasteiger partial charge in [-0.3, -0.25) is 4.79 Å². The number of carbonyl (C=O) groups is 1. The normalized spacial score (nSPS) is 23.5. The van der Waals surface area contributed by atoms with Crippen LogP contribution in [0.4, 0.5) is 0 Å². The molecule has 0 saturated carbocycles. The summed E-state index contributed by atoms with van der Waals surface area (Å²) in [6, 6.07) is 0. The van der Waals surface area contributed by atoms with Crippen LogP contribution in [0.2, 0.25) is 0 Å². The van der Waals surface area contributed by atoms with Crippen molar-refractivity contribution in [2.75, 3.05) is 13.1 Å². The van der Waals surface area contributed by atoms with Gasteiger partial charge >= 0.3 is 0 Å². The molecule has 100 valence electrons. The molecule has 0 spiro atoms. The monoisotopic (exact) mass is 266 g/mol. The number of aromatic nitrogens is 1. The molecule has 3 nitrogen and oxygen atoms in total. The molecule has 0 amide bonds. The number of Topliss-reactive ketones (excluding diaryl/α,β-unsaturated/α-hetero) is 1. The van der Waals surface area contributed by atoms with E-state index in [0.29, 0.717) is 12.2 Å². The summed E-state index contributed by atoms with van der Waals surface area (Å²) < 4.78 is 0. The summed E-state index contributed by atoms with van der Waals surface area (Å²) in [6.45, 7) is 8.06. The first kappa shape index (κ1) is 13.7. The van der Waals surface area contributed by atoms with Crippen LogP contribution in [-0.4, -0.2) is 23.9 Å². The molecule has 0 aromatic carbocycles. The molecule has 18 heavy (non-hydrogen) atoms. The van der Waals surface area contributed by atoms with Crippen molar-refractivity contribution in [3.63, 3.8) is 0 Å². The molecule has 1 aromatic rings. The van der Waals surface area contributed by atoms with Gasteiger partial charge in [0.2, 0.25) is 0 Å². The van der Waals surface area contributed by atoms with Crippen molar-refractivity contribution in [2.24, 2.45) is 5.41 Å². The van der Waals surface area contributed by atoms with E-state index in [0.717, 1.165) is 43.1 Å². The predicted octanol–water partition coefficient (Wildman–Crippen LogP) is 2.65. The fourth-order valence-corrected chi connectivity index (χ4v) is 3.69. The number of thiazole rings is 1. The van der Waals surface area contributed by atoms with E-state index in [1.54, 1.807) is 11.3 Å². The Kier molecular flexibility index (Phi) is 4.17. The predicted molar refractivity (Wildman–Crippen MR) is 75.1 cm³/mol. The first-order valence-corrected chi connectivity index (χ1v) is 7.56. The Labute approximate surface area is 113 Å². The number of carbonyl (C=O) groups excluding carboxylic acids is 1. The summed E-state index contributed by atoms with van der Waals surface area (Å²) in [6.07, 6.45) is 3.58. The Balaban J connectivity index is 2.10. The molecular formula is C14H22N2OS. The maximum Gasteiger partial charge on any atom is 0.147 e. The van der Waals surface area contributed by atoms with Crippen molar-refractivity contribution in [2.45, 2.75) is 46.5 Å². The average Bonchev–Trinajstić information content (AvgIpc) is 2.89. The third-order valence-corrected chi connectivity index (χ3v) is 5.02. The van der Waals surface area contributed by atoms with Gasteiger partial charge in [0.15, 0.2) is 0 Å². The van der Waals surface area contributed by atoms with Crippen LogP contribution in [0.15, 0.2) is 0 Å². The highest BCUT2D eigenvalue weighted by molar-refractivity contribution is 7.11. The lowest BCUT2D eigenvalue weighted by Crippen LogP contribution is -2.34. The Morgan fingerprint density at radius 1 is 1.50 bits per heavy atom. The number of rotatable bonds is 5. The van der Waals surface area contributed by atoms with Gasteiger partial charge in [0.05, 0.1) is 12.1 Å². The van der Waals surface area contributed by atoms with E-state index in [1.165, 1.54) is 4.88 Å². The molecule has 1 saturated heterocycles.